The normalized spacial score (nSPS) is 27.2. The molecule has 1 amide bonds. The van der Waals surface area contributed by atoms with Gasteiger partial charge < -0.3 is 9.64 Å². The third-order valence-corrected chi connectivity index (χ3v) is 5.83. The van der Waals surface area contributed by atoms with E-state index in [9.17, 15) is 4.79 Å². The summed E-state index contributed by atoms with van der Waals surface area (Å²) in [5.74, 6) is 1.18. The average molecular weight is 347 g/mol. The zero-order chi connectivity index (χ0) is 16.7. The zero-order valence-corrected chi connectivity index (χ0v) is 14.8. The van der Waals surface area contributed by atoms with Crippen molar-refractivity contribution in [2.45, 2.75) is 31.2 Å². The number of hydrogen-bond donors (Lipinski definition) is 0. The van der Waals surface area contributed by atoms with E-state index in [0.29, 0.717) is 12.5 Å². The van der Waals surface area contributed by atoms with Crippen LogP contribution in [0.25, 0.3) is 6.08 Å². The van der Waals surface area contributed by atoms with E-state index in [4.69, 9.17) is 16.3 Å². The maximum Gasteiger partial charge on any atom is 0.242 e. The van der Waals surface area contributed by atoms with Crippen LogP contribution < -0.4 is 4.74 Å². The van der Waals surface area contributed by atoms with Gasteiger partial charge in [0.1, 0.15) is 17.9 Å². The highest BCUT2D eigenvalue weighted by Gasteiger charge is 2.50. The van der Waals surface area contributed by atoms with Crippen LogP contribution >= 0.6 is 11.6 Å². The number of likely N-dealkylation sites (tertiary alicyclic amines) is 2. The van der Waals surface area contributed by atoms with Crippen LogP contribution in [0.15, 0.2) is 23.8 Å². The number of piperidine rings is 1. The molecule has 1 atom stereocenters. The van der Waals surface area contributed by atoms with Crippen molar-refractivity contribution in [3.63, 3.8) is 0 Å². The van der Waals surface area contributed by atoms with Crippen molar-refractivity contribution >= 4 is 23.6 Å². The van der Waals surface area contributed by atoms with Crippen molar-refractivity contribution in [2.75, 3.05) is 33.3 Å². The van der Waals surface area contributed by atoms with Crippen molar-refractivity contribution < 1.29 is 9.53 Å². The highest BCUT2D eigenvalue weighted by atomic mass is 35.5. The summed E-state index contributed by atoms with van der Waals surface area (Å²) in [5, 5.41) is 0.719. The molecule has 0 N–H and O–H groups in total. The summed E-state index contributed by atoms with van der Waals surface area (Å²) >= 11 is 6.10. The predicted molar refractivity (Wildman–Crippen MR) is 95.3 cm³/mol. The van der Waals surface area contributed by atoms with Crippen LogP contribution in [-0.4, -0.2) is 54.5 Å². The van der Waals surface area contributed by atoms with Crippen LogP contribution in [0.2, 0.25) is 5.02 Å². The van der Waals surface area contributed by atoms with E-state index in [2.05, 4.69) is 11.0 Å². The lowest BCUT2D eigenvalue weighted by Gasteiger charge is -2.44. The topological polar surface area (TPSA) is 32.8 Å². The molecule has 2 fully saturated rings. The van der Waals surface area contributed by atoms with E-state index in [1.807, 2.05) is 30.1 Å². The smallest absolute Gasteiger partial charge is 0.242 e. The molecule has 3 aliphatic heterocycles. The summed E-state index contributed by atoms with van der Waals surface area (Å²) in [4.78, 5) is 17.2. The maximum absolute atomic E-state index is 12.9. The Morgan fingerprint density at radius 3 is 2.88 bits per heavy atom. The molecule has 0 saturated carbocycles. The van der Waals surface area contributed by atoms with Gasteiger partial charge in [-0.05, 0) is 62.1 Å². The molecule has 1 aromatic rings. The Hall–Kier alpha value is -1.52. The quantitative estimate of drug-likeness (QED) is 0.824. The van der Waals surface area contributed by atoms with Gasteiger partial charge in [-0.1, -0.05) is 11.6 Å². The Balaban J connectivity index is 1.58. The molecule has 24 heavy (non-hydrogen) atoms. The minimum absolute atomic E-state index is 0.289. The number of fused-ring (bicyclic) bond motifs is 1. The fourth-order valence-electron chi connectivity index (χ4n) is 4.39. The largest absolute Gasteiger partial charge is 0.489 e. The second-order valence-electron chi connectivity index (χ2n) is 7.16. The molecule has 4 rings (SSSR count). The van der Waals surface area contributed by atoms with Gasteiger partial charge in [-0.25, -0.2) is 0 Å². The summed E-state index contributed by atoms with van der Waals surface area (Å²) in [6.07, 6.45) is 6.32. The summed E-state index contributed by atoms with van der Waals surface area (Å²) in [5.41, 5.74) is 1.96. The summed E-state index contributed by atoms with van der Waals surface area (Å²) in [6, 6.07) is 5.71. The van der Waals surface area contributed by atoms with E-state index in [-0.39, 0.29) is 5.54 Å². The second-order valence-corrected chi connectivity index (χ2v) is 7.60. The van der Waals surface area contributed by atoms with Gasteiger partial charge in [0.15, 0.2) is 0 Å². The zero-order valence-electron chi connectivity index (χ0n) is 14.1. The third-order valence-electron chi connectivity index (χ3n) is 5.59. The Morgan fingerprint density at radius 2 is 2.04 bits per heavy atom. The fraction of sp³-hybridized carbons (Fsp3) is 0.526. The molecule has 1 unspecified atom stereocenters. The van der Waals surface area contributed by atoms with E-state index >= 15 is 0 Å². The number of rotatable bonds is 2. The molecule has 1 aromatic carbocycles. The molecule has 0 bridgehead atoms. The van der Waals surface area contributed by atoms with Crippen molar-refractivity contribution in [2.24, 2.45) is 0 Å². The molecule has 0 aliphatic carbocycles. The van der Waals surface area contributed by atoms with Gasteiger partial charge in [0.2, 0.25) is 5.91 Å². The number of carbonyl (C=O) groups excluding carboxylic acids is 1. The standard InChI is InChI=1S/C19H23ClN2O2/c1-21-8-2-6-19(18(21)23)7-3-9-22(19)12-14-10-15-11-16(20)4-5-17(15)24-13-14/h4-5,10-11H,2-3,6-9,12-13H2,1H3. The van der Waals surface area contributed by atoms with Gasteiger partial charge in [-0.15, -0.1) is 0 Å². The number of hydrogen-bond acceptors (Lipinski definition) is 3. The molecule has 2 saturated heterocycles. The number of halogens is 1. The van der Waals surface area contributed by atoms with E-state index in [1.165, 1.54) is 5.57 Å². The molecule has 128 valence electrons. The predicted octanol–water partition coefficient (Wildman–Crippen LogP) is 3.20. The minimum atomic E-state index is -0.289. The van der Waals surface area contributed by atoms with E-state index < -0.39 is 0 Å². The van der Waals surface area contributed by atoms with Crippen LogP contribution in [0.3, 0.4) is 0 Å². The maximum atomic E-state index is 12.9. The molecule has 5 heteroatoms. The Bertz CT molecular complexity index is 703. The van der Waals surface area contributed by atoms with Crippen LogP contribution in [0.1, 0.15) is 31.2 Å². The Labute approximate surface area is 148 Å². The lowest BCUT2D eigenvalue weighted by Crippen LogP contribution is -2.59. The highest BCUT2D eigenvalue weighted by molar-refractivity contribution is 6.30. The first-order valence-corrected chi connectivity index (χ1v) is 9.09. The number of likely N-dealkylation sites (N-methyl/N-ethyl adjacent to an activating group) is 1. The van der Waals surface area contributed by atoms with Crippen molar-refractivity contribution in [1.29, 1.82) is 0 Å². The first-order chi connectivity index (χ1) is 11.6. The summed E-state index contributed by atoms with van der Waals surface area (Å²) in [6.45, 7) is 3.25. The monoisotopic (exact) mass is 346 g/mol. The Morgan fingerprint density at radius 1 is 1.25 bits per heavy atom. The molecule has 0 aromatic heterocycles. The Kier molecular flexibility index (Phi) is 4.05. The molecule has 3 heterocycles. The van der Waals surface area contributed by atoms with E-state index in [1.54, 1.807) is 0 Å². The van der Waals surface area contributed by atoms with Crippen LogP contribution in [-0.2, 0) is 4.79 Å². The average Bonchev–Trinajstić information content (AvgIpc) is 2.95. The molecule has 3 aliphatic rings. The van der Waals surface area contributed by atoms with Gasteiger partial charge in [0.25, 0.3) is 0 Å². The van der Waals surface area contributed by atoms with Crippen molar-refractivity contribution in [3.8, 4) is 5.75 Å². The van der Waals surface area contributed by atoms with Gasteiger partial charge in [-0.3, -0.25) is 9.69 Å². The minimum Gasteiger partial charge on any atom is -0.489 e. The van der Waals surface area contributed by atoms with Crippen LogP contribution in [0.5, 0.6) is 5.75 Å². The summed E-state index contributed by atoms with van der Waals surface area (Å²) in [7, 11) is 1.93. The van der Waals surface area contributed by atoms with Crippen LogP contribution in [0, 0.1) is 0 Å². The highest BCUT2D eigenvalue weighted by Crippen LogP contribution is 2.39. The van der Waals surface area contributed by atoms with Crippen molar-refractivity contribution in [1.82, 2.24) is 9.80 Å². The molecule has 1 spiro atoms. The number of ether oxygens (including phenoxy) is 1. The van der Waals surface area contributed by atoms with Gasteiger partial charge in [0, 0.05) is 30.7 Å². The van der Waals surface area contributed by atoms with Crippen molar-refractivity contribution in [3.05, 3.63) is 34.4 Å². The lowest BCUT2D eigenvalue weighted by atomic mass is 9.85. The third kappa shape index (κ3) is 2.62. The van der Waals surface area contributed by atoms with Gasteiger partial charge in [-0.2, -0.15) is 0 Å². The SMILES string of the molecule is CN1CCCC2(CCCN2CC2=Cc3cc(Cl)ccc3OC2)C1=O. The second kappa shape index (κ2) is 6.08. The van der Waals surface area contributed by atoms with Gasteiger partial charge in [0.05, 0.1) is 0 Å². The first kappa shape index (κ1) is 16.0. The molecule has 0 radical (unpaired) electrons. The molecular weight excluding hydrogens is 324 g/mol. The summed E-state index contributed by atoms with van der Waals surface area (Å²) < 4.78 is 5.88. The van der Waals surface area contributed by atoms with Crippen LogP contribution in [0.4, 0.5) is 0 Å². The number of nitrogens with zero attached hydrogens (tertiary/aromatic N) is 2. The number of carbonyl (C=O) groups is 1. The number of amides is 1. The van der Waals surface area contributed by atoms with Gasteiger partial charge >= 0.3 is 0 Å². The van der Waals surface area contributed by atoms with E-state index in [0.717, 1.165) is 61.7 Å². The fourth-order valence-corrected chi connectivity index (χ4v) is 4.58. The molecule has 4 nitrogen and oxygen atoms in total. The first-order valence-electron chi connectivity index (χ1n) is 8.71. The lowest BCUT2D eigenvalue weighted by molar-refractivity contribution is -0.145. The number of benzene rings is 1. The molecular formula is C19H23ClN2O2.